The van der Waals surface area contributed by atoms with Crippen molar-refractivity contribution in [1.82, 2.24) is 4.72 Å². The van der Waals surface area contributed by atoms with Gasteiger partial charge >= 0.3 is 0 Å². The predicted octanol–water partition coefficient (Wildman–Crippen LogP) is 6.36. The number of allylic oxidation sites excluding steroid dienone is 1. The van der Waals surface area contributed by atoms with Gasteiger partial charge in [0, 0.05) is 21.6 Å². The molecule has 2 aromatic carbocycles. The summed E-state index contributed by atoms with van der Waals surface area (Å²) in [5.74, 6) is 0. The smallest absolute Gasteiger partial charge is 0.0517 e. The van der Waals surface area contributed by atoms with Crippen molar-refractivity contribution in [3.05, 3.63) is 70.7 Å². The third kappa shape index (κ3) is 5.40. The van der Waals surface area contributed by atoms with Gasteiger partial charge in [0.05, 0.1) is 6.04 Å². The van der Waals surface area contributed by atoms with E-state index in [9.17, 15) is 0 Å². The first kappa shape index (κ1) is 19.1. The Morgan fingerprint density at radius 1 is 1.29 bits per heavy atom. The number of fused-ring (bicyclic) bond motifs is 1. The number of benzene rings is 2. The Bertz CT molecular complexity index is 655. The van der Waals surface area contributed by atoms with Crippen molar-refractivity contribution in [2.45, 2.75) is 37.6 Å². The summed E-state index contributed by atoms with van der Waals surface area (Å²) in [6, 6.07) is 15.7. The molecule has 1 heterocycles. The number of hydrogen-bond donors (Lipinski definition) is 2. The molecule has 0 aliphatic carbocycles. The predicted molar refractivity (Wildman–Crippen MR) is 111 cm³/mol. The second-order valence-corrected chi connectivity index (χ2v) is 7.49. The van der Waals surface area contributed by atoms with Crippen LogP contribution in [0.15, 0.2) is 64.5 Å². The van der Waals surface area contributed by atoms with Crippen LogP contribution in [0.1, 0.15) is 37.4 Å². The van der Waals surface area contributed by atoms with Gasteiger partial charge in [0.15, 0.2) is 0 Å². The molecule has 2 aromatic rings. The highest BCUT2D eigenvalue weighted by molar-refractivity contribution is 9.10. The van der Waals surface area contributed by atoms with Gasteiger partial charge in [-0.3, -0.25) is 4.72 Å². The molecule has 0 bridgehead atoms. The summed E-state index contributed by atoms with van der Waals surface area (Å²) in [6.07, 6.45) is 4.02. The largest absolute Gasteiger partial charge is 0.378 e. The number of hydrogen-bond acceptors (Lipinski definition) is 3. The quantitative estimate of drug-likeness (QED) is 0.457. The molecule has 0 radical (unpaired) electrons. The number of anilines is 1. The first-order chi connectivity index (χ1) is 11.7. The number of nitrogens with one attached hydrogen (secondary N) is 2. The molecule has 0 amide bonds. The molecule has 1 aliphatic rings. The zero-order valence-electron chi connectivity index (χ0n) is 14.3. The Morgan fingerprint density at radius 3 is 2.67 bits per heavy atom. The fourth-order valence-corrected chi connectivity index (χ4v) is 3.55. The van der Waals surface area contributed by atoms with Crippen molar-refractivity contribution >= 4 is 33.6 Å². The van der Waals surface area contributed by atoms with Crippen LogP contribution in [-0.4, -0.2) is 6.54 Å². The maximum Gasteiger partial charge on any atom is 0.0517 e. The highest BCUT2D eigenvalue weighted by Crippen LogP contribution is 2.34. The minimum Gasteiger partial charge on any atom is -0.378 e. The number of aryl methyl sites for hydroxylation is 1. The van der Waals surface area contributed by atoms with Crippen molar-refractivity contribution in [3.63, 3.8) is 0 Å². The first-order valence-electron chi connectivity index (χ1n) is 8.29. The molecule has 2 N–H and O–H groups in total. The van der Waals surface area contributed by atoms with Crippen LogP contribution in [0, 0.1) is 0 Å². The Labute approximate surface area is 158 Å². The van der Waals surface area contributed by atoms with Gasteiger partial charge in [0.1, 0.15) is 0 Å². The molecule has 0 saturated carbocycles. The fourth-order valence-electron chi connectivity index (χ4n) is 2.64. The Morgan fingerprint density at radius 2 is 2.00 bits per heavy atom. The Balaban J connectivity index is 0.000000647. The molecule has 0 fully saturated rings. The third-order valence-corrected chi connectivity index (χ3v) is 5.17. The average molecular weight is 405 g/mol. The van der Waals surface area contributed by atoms with Gasteiger partial charge in [-0.05, 0) is 73.2 Å². The van der Waals surface area contributed by atoms with E-state index in [4.69, 9.17) is 0 Å². The van der Waals surface area contributed by atoms with Gasteiger partial charge in [-0.2, -0.15) is 0 Å². The SMILES string of the molecule is C=CC.CCNSc1ccc2c(c1)CCC(c1ccc(Br)cc1)N2. The molecule has 1 atom stereocenters. The summed E-state index contributed by atoms with van der Waals surface area (Å²) in [4.78, 5) is 1.29. The average Bonchev–Trinajstić information content (AvgIpc) is 2.61. The molecule has 1 aliphatic heterocycles. The summed E-state index contributed by atoms with van der Waals surface area (Å²) in [6.45, 7) is 8.35. The summed E-state index contributed by atoms with van der Waals surface area (Å²) in [5, 5.41) is 3.67. The van der Waals surface area contributed by atoms with Crippen molar-refractivity contribution in [2.24, 2.45) is 0 Å². The molecule has 2 nitrogen and oxygen atoms in total. The van der Waals surface area contributed by atoms with Gasteiger partial charge in [0.25, 0.3) is 0 Å². The van der Waals surface area contributed by atoms with E-state index in [1.165, 1.54) is 21.7 Å². The molecule has 0 aromatic heterocycles. The lowest BCUT2D eigenvalue weighted by Gasteiger charge is -2.28. The van der Waals surface area contributed by atoms with E-state index in [1.54, 1.807) is 18.0 Å². The minimum absolute atomic E-state index is 0.415. The summed E-state index contributed by atoms with van der Waals surface area (Å²) < 4.78 is 4.44. The maximum absolute atomic E-state index is 3.67. The molecular formula is C20H25BrN2S. The summed E-state index contributed by atoms with van der Waals surface area (Å²) in [7, 11) is 0. The molecule has 0 saturated heterocycles. The maximum atomic E-state index is 3.67. The highest BCUT2D eigenvalue weighted by Gasteiger charge is 2.19. The van der Waals surface area contributed by atoms with Gasteiger partial charge in [-0.15, -0.1) is 6.58 Å². The van der Waals surface area contributed by atoms with Crippen molar-refractivity contribution in [1.29, 1.82) is 0 Å². The lowest BCUT2D eigenvalue weighted by molar-refractivity contribution is 0.666. The van der Waals surface area contributed by atoms with E-state index in [2.05, 4.69) is 81.9 Å². The first-order valence-corrected chi connectivity index (χ1v) is 9.90. The van der Waals surface area contributed by atoms with E-state index >= 15 is 0 Å². The topological polar surface area (TPSA) is 24.1 Å². The van der Waals surface area contributed by atoms with E-state index in [-0.39, 0.29) is 0 Å². The molecule has 24 heavy (non-hydrogen) atoms. The van der Waals surface area contributed by atoms with Crippen LogP contribution in [0.4, 0.5) is 5.69 Å². The zero-order chi connectivity index (χ0) is 17.4. The van der Waals surface area contributed by atoms with E-state index in [0.29, 0.717) is 6.04 Å². The molecular weight excluding hydrogens is 380 g/mol. The second kappa shape index (κ2) is 9.92. The van der Waals surface area contributed by atoms with Crippen LogP contribution < -0.4 is 10.0 Å². The monoisotopic (exact) mass is 404 g/mol. The van der Waals surface area contributed by atoms with Crippen molar-refractivity contribution in [3.8, 4) is 0 Å². The minimum atomic E-state index is 0.415. The second-order valence-electron chi connectivity index (χ2n) is 5.61. The molecule has 4 heteroatoms. The molecule has 3 rings (SSSR count). The standard InChI is InChI=1S/C17H19BrN2S.C3H6/c1-2-19-21-15-8-10-17-13(11-15)5-9-16(20-17)12-3-6-14(18)7-4-12;1-3-2/h3-4,6-8,10-11,16,19-20H,2,5,9H2,1H3;3H,1H2,2H3. The van der Waals surface area contributed by atoms with E-state index < -0.39 is 0 Å². The van der Waals surface area contributed by atoms with Gasteiger partial charge in [-0.1, -0.05) is 41.1 Å². The fraction of sp³-hybridized carbons (Fsp3) is 0.300. The Kier molecular flexibility index (Phi) is 7.89. The third-order valence-electron chi connectivity index (χ3n) is 3.72. The number of halogens is 1. The van der Waals surface area contributed by atoms with Crippen LogP contribution in [-0.2, 0) is 6.42 Å². The normalized spacial score (nSPS) is 15.5. The highest BCUT2D eigenvalue weighted by atomic mass is 79.9. The van der Waals surface area contributed by atoms with Gasteiger partial charge in [-0.25, -0.2) is 0 Å². The summed E-state index contributed by atoms with van der Waals surface area (Å²) in [5.41, 5.74) is 4.05. The lowest BCUT2D eigenvalue weighted by atomic mass is 9.93. The van der Waals surface area contributed by atoms with Crippen LogP contribution in [0.3, 0.4) is 0 Å². The van der Waals surface area contributed by atoms with Crippen LogP contribution in [0.25, 0.3) is 0 Å². The van der Waals surface area contributed by atoms with Crippen LogP contribution in [0.5, 0.6) is 0 Å². The van der Waals surface area contributed by atoms with Crippen LogP contribution >= 0.6 is 27.9 Å². The lowest BCUT2D eigenvalue weighted by Crippen LogP contribution is -2.18. The van der Waals surface area contributed by atoms with Gasteiger partial charge < -0.3 is 5.32 Å². The van der Waals surface area contributed by atoms with E-state index in [1.807, 2.05) is 6.92 Å². The van der Waals surface area contributed by atoms with Crippen molar-refractivity contribution < 1.29 is 0 Å². The van der Waals surface area contributed by atoms with Gasteiger partial charge in [0.2, 0.25) is 0 Å². The molecule has 1 unspecified atom stereocenters. The Hall–Kier alpha value is -1.23. The molecule has 0 spiro atoms. The van der Waals surface area contributed by atoms with Crippen LogP contribution in [0.2, 0.25) is 0 Å². The van der Waals surface area contributed by atoms with Crippen molar-refractivity contribution in [2.75, 3.05) is 11.9 Å². The summed E-state index contributed by atoms with van der Waals surface area (Å²) >= 11 is 5.20. The van der Waals surface area contributed by atoms with E-state index in [0.717, 1.165) is 23.9 Å². The zero-order valence-corrected chi connectivity index (χ0v) is 16.7. The molecule has 128 valence electrons. The number of rotatable bonds is 4.